The Morgan fingerprint density at radius 1 is 1.22 bits per heavy atom. The monoisotopic (exact) mass is 511 g/mol. The lowest BCUT2D eigenvalue weighted by Crippen LogP contribution is -2.22. The number of methoxy groups -OCH3 is 1. The van der Waals surface area contributed by atoms with E-state index in [0.29, 0.717) is 47.5 Å². The number of nitrogens with zero attached hydrogens (tertiary/aromatic N) is 2. The molecule has 2 heterocycles. The van der Waals surface area contributed by atoms with Crippen LogP contribution in [0.25, 0.3) is 11.1 Å². The zero-order valence-electron chi connectivity index (χ0n) is 20.2. The molecule has 0 radical (unpaired) electrons. The Labute approximate surface area is 219 Å². The van der Waals surface area contributed by atoms with Crippen LogP contribution < -0.4 is 10.1 Å². The zero-order chi connectivity index (χ0) is 26.2. The van der Waals surface area contributed by atoms with E-state index >= 15 is 0 Å². The lowest BCUT2D eigenvalue weighted by Gasteiger charge is -2.20. The number of aryl methyl sites for hydroxylation is 1. The number of carbonyl (C=O) groups excluding carboxylic acids is 2. The maximum absolute atomic E-state index is 14.0. The summed E-state index contributed by atoms with van der Waals surface area (Å²) in [6.07, 6.45) is 4.18. The first-order chi connectivity index (χ1) is 18.0. The highest BCUT2D eigenvalue weighted by molar-refractivity contribution is 7.08. The van der Waals surface area contributed by atoms with Gasteiger partial charge in [0.05, 0.1) is 18.7 Å². The molecule has 1 unspecified atom stereocenters. The van der Waals surface area contributed by atoms with E-state index in [1.165, 1.54) is 18.4 Å². The van der Waals surface area contributed by atoms with Gasteiger partial charge in [0, 0.05) is 52.5 Å². The van der Waals surface area contributed by atoms with E-state index in [1.54, 1.807) is 54.0 Å². The molecule has 37 heavy (non-hydrogen) atoms. The van der Waals surface area contributed by atoms with Crippen LogP contribution in [0.15, 0.2) is 71.6 Å². The summed E-state index contributed by atoms with van der Waals surface area (Å²) in [6, 6.07) is 17.0. The Morgan fingerprint density at radius 2 is 2.08 bits per heavy atom. The molecular formula is C29H25N3O4S. The number of benzene rings is 2. The highest BCUT2D eigenvalue weighted by atomic mass is 32.1. The minimum Gasteiger partial charge on any atom is -0.508 e. The van der Waals surface area contributed by atoms with E-state index in [4.69, 9.17) is 4.74 Å². The van der Waals surface area contributed by atoms with Crippen molar-refractivity contribution in [3.8, 4) is 28.8 Å². The first kappa shape index (κ1) is 25.6. The van der Waals surface area contributed by atoms with Crippen molar-refractivity contribution in [2.75, 3.05) is 12.4 Å². The van der Waals surface area contributed by atoms with Crippen LogP contribution >= 0.6 is 11.3 Å². The molecule has 4 aromatic rings. The smallest absolute Gasteiger partial charge is 0.212 e. The van der Waals surface area contributed by atoms with Gasteiger partial charge in [-0.3, -0.25) is 4.79 Å². The van der Waals surface area contributed by atoms with Crippen LogP contribution in [0.3, 0.4) is 0 Å². The number of ether oxygens (including phenoxy) is 1. The topological polar surface area (TPSA) is 112 Å². The summed E-state index contributed by atoms with van der Waals surface area (Å²) in [4.78, 5) is 29.0. The van der Waals surface area contributed by atoms with E-state index in [2.05, 4.69) is 16.4 Å². The first-order valence-electron chi connectivity index (χ1n) is 11.7. The van der Waals surface area contributed by atoms with Gasteiger partial charge in [0.1, 0.15) is 18.1 Å². The number of phenolic OH excluding ortho intramolecular Hbond substituents is 1. The van der Waals surface area contributed by atoms with E-state index in [-0.39, 0.29) is 11.5 Å². The van der Waals surface area contributed by atoms with Gasteiger partial charge in [-0.25, -0.2) is 4.98 Å². The third kappa shape index (κ3) is 6.21. The molecule has 8 heteroatoms. The summed E-state index contributed by atoms with van der Waals surface area (Å²) in [7, 11) is 1.52. The Kier molecular flexibility index (Phi) is 8.29. The molecule has 2 aromatic carbocycles. The predicted molar refractivity (Wildman–Crippen MR) is 143 cm³/mol. The van der Waals surface area contributed by atoms with Gasteiger partial charge in [0.2, 0.25) is 5.88 Å². The Hall–Kier alpha value is -4.48. The normalized spacial score (nSPS) is 11.4. The highest BCUT2D eigenvalue weighted by Gasteiger charge is 2.26. The fraction of sp³-hybridized carbons (Fsp3) is 0.172. The van der Waals surface area contributed by atoms with Crippen molar-refractivity contribution in [2.24, 2.45) is 0 Å². The Bertz CT molecular complexity index is 1440. The summed E-state index contributed by atoms with van der Waals surface area (Å²) >= 11 is 1.41. The number of anilines is 1. The molecule has 2 N–H and O–H groups in total. The van der Waals surface area contributed by atoms with Crippen molar-refractivity contribution in [3.63, 3.8) is 0 Å². The lowest BCUT2D eigenvalue weighted by molar-refractivity contribution is -0.107. The second-order valence-electron chi connectivity index (χ2n) is 8.41. The van der Waals surface area contributed by atoms with Gasteiger partial charge in [0.15, 0.2) is 5.78 Å². The molecule has 186 valence electrons. The van der Waals surface area contributed by atoms with Crippen molar-refractivity contribution in [1.82, 2.24) is 4.98 Å². The number of phenols is 1. The highest BCUT2D eigenvalue weighted by Crippen LogP contribution is 2.34. The third-order valence-corrected chi connectivity index (χ3v) is 6.61. The molecule has 0 fully saturated rings. The van der Waals surface area contributed by atoms with Crippen molar-refractivity contribution >= 4 is 29.1 Å². The molecule has 0 aliphatic rings. The standard InChI is InChI=1S/C29H25N3O4S/c1-36-27-9-8-22(16-31-27)28(32-23-12-19(5-2-3-10-33)13-24(34)14-23)29(35)26-18-37-17-25(26)21-7-4-6-20(11-21)15-30/h4,6-14,16-18,28,32,34H,2-3,5H2,1H3. The number of hydrogen-bond acceptors (Lipinski definition) is 8. The number of pyridine rings is 1. The minimum absolute atomic E-state index is 0.0645. The van der Waals surface area contributed by atoms with Crippen LogP contribution in [-0.4, -0.2) is 29.3 Å². The summed E-state index contributed by atoms with van der Waals surface area (Å²) in [6.45, 7) is 0. The SMILES string of the molecule is COc1ccc(C(Nc2cc(O)cc(CCCC=O)c2)C(=O)c2cscc2-c2cccc(C#N)c2)cn1. The molecule has 0 saturated carbocycles. The molecule has 0 spiro atoms. The second kappa shape index (κ2) is 12.0. The maximum atomic E-state index is 14.0. The molecule has 0 saturated heterocycles. The first-order valence-corrected chi connectivity index (χ1v) is 12.6. The molecule has 2 aromatic heterocycles. The fourth-order valence-corrected chi connectivity index (χ4v) is 4.91. The Balaban J connectivity index is 1.72. The molecular weight excluding hydrogens is 486 g/mol. The van der Waals surface area contributed by atoms with Gasteiger partial charge in [-0.2, -0.15) is 16.6 Å². The van der Waals surface area contributed by atoms with Crippen LogP contribution in [0, 0.1) is 11.3 Å². The number of carbonyl (C=O) groups is 2. The van der Waals surface area contributed by atoms with Gasteiger partial charge in [-0.1, -0.05) is 12.1 Å². The van der Waals surface area contributed by atoms with Crippen LogP contribution in [0.2, 0.25) is 0 Å². The van der Waals surface area contributed by atoms with E-state index < -0.39 is 6.04 Å². The van der Waals surface area contributed by atoms with Gasteiger partial charge in [-0.05, 0) is 59.7 Å². The molecule has 7 nitrogen and oxygen atoms in total. The number of thiophene rings is 1. The van der Waals surface area contributed by atoms with Gasteiger partial charge in [-0.15, -0.1) is 0 Å². The van der Waals surface area contributed by atoms with Crippen LogP contribution in [-0.2, 0) is 11.2 Å². The van der Waals surface area contributed by atoms with E-state index in [1.807, 2.05) is 17.5 Å². The molecule has 0 amide bonds. The van der Waals surface area contributed by atoms with Gasteiger partial charge < -0.3 is 20.0 Å². The van der Waals surface area contributed by atoms with Gasteiger partial charge in [0.25, 0.3) is 0 Å². The van der Waals surface area contributed by atoms with Gasteiger partial charge >= 0.3 is 0 Å². The number of aldehydes is 1. The fourth-order valence-electron chi connectivity index (χ4n) is 4.06. The van der Waals surface area contributed by atoms with Crippen molar-refractivity contribution in [1.29, 1.82) is 5.26 Å². The number of hydrogen-bond donors (Lipinski definition) is 2. The molecule has 4 rings (SSSR count). The van der Waals surface area contributed by atoms with Crippen molar-refractivity contribution < 1.29 is 19.4 Å². The zero-order valence-corrected chi connectivity index (χ0v) is 21.0. The molecule has 0 bridgehead atoms. The number of nitriles is 1. The number of aromatic hydroxyl groups is 1. The number of Topliss-reactive ketones (excluding diaryl/α,β-unsaturated/α-hetero) is 1. The van der Waals surface area contributed by atoms with Crippen LogP contribution in [0.5, 0.6) is 11.6 Å². The number of aromatic nitrogens is 1. The molecule has 0 aliphatic carbocycles. The van der Waals surface area contributed by atoms with E-state index in [9.17, 15) is 20.0 Å². The number of ketones is 1. The van der Waals surface area contributed by atoms with Crippen molar-refractivity contribution in [3.05, 3.63) is 93.8 Å². The summed E-state index contributed by atoms with van der Waals surface area (Å²) in [5.74, 6) is 0.306. The quantitative estimate of drug-likeness (QED) is 0.145. The van der Waals surface area contributed by atoms with E-state index in [0.717, 1.165) is 23.0 Å². The molecule has 0 aliphatic heterocycles. The number of unbranched alkanes of at least 4 members (excludes halogenated alkanes) is 1. The third-order valence-electron chi connectivity index (χ3n) is 5.87. The van der Waals surface area contributed by atoms with Crippen LogP contribution in [0.4, 0.5) is 5.69 Å². The largest absolute Gasteiger partial charge is 0.508 e. The lowest BCUT2D eigenvalue weighted by atomic mass is 9.94. The predicted octanol–water partition coefficient (Wildman–Crippen LogP) is 5.95. The van der Waals surface area contributed by atoms with Crippen LogP contribution in [0.1, 0.15) is 45.9 Å². The summed E-state index contributed by atoms with van der Waals surface area (Å²) < 4.78 is 5.18. The molecule has 1 atom stereocenters. The summed E-state index contributed by atoms with van der Waals surface area (Å²) in [5.41, 5.74) is 4.60. The number of rotatable bonds is 11. The van der Waals surface area contributed by atoms with Crippen molar-refractivity contribution in [2.45, 2.75) is 25.3 Å². The summed E-state index contributed by atoms with van der Waals surface area (Å²) in [5, 5.41) is 26.6. The second-order valence-corrected chi connectivity index (χ2v) is 9.16. The average Bonchev–Trinajstić information content (AvgIpc) is 3.42. The maximum Gasteiger partial charge on any atom is 0.212 e. The average molecular weight is 512 g/mol. The number of nitrogens with one attached hydrogen (secondary N) is 1. The Morgan fingerprint density at radius 3 is 2.81 bits per heavy atom. The minimum atomic E-state index is -0.810.